The van der Waals surface area contributed by atoms with Gasteiger partial charge in [0, 0.05) is 52.5 Å². The largest absolute Gasteiger partial charge is 0.508 e. The van der Waals surface area contributed by atoms with E-state index in [0.29, 0.717) is 70.2 Å². The summed E-state index contributed by atoms with van der Waals surface area (Å²) in [5.41, 5.74) is 10.7. The molecule has 0 amide bonds. The zero-order valence-corrected chi connectivity index (χ0v) is 55.4. The van der Waals surface area contributed by atoms with Crippen LogP contribution >= 0.6 is 181 Å². The molecule has 8 N–H and O–H groups in total. The standard InChI is InChI=1S/C54H46I8O8/c1-23-8-30(25(3)35(48(23)65)9-27-11-38(55)50(67)39(56)12-27)16-31-15-29(49(66)36(26(31)4)10-28-13-40(57)51(68)41(58)14-28)6-7-54(5,33-19-44(61)53(70)45(62)20-33)37-21-34(46(63)22-47(37)64)24(2)32-17-42(59)52(69)43(60)18-32/h8,11-15,17-22,24,63-70H,6-7,9-10,16H2,1-5H3/t24-,54?/m0/s1. The first-order chi connectivity index (χ1) is 32.8. The fourth-order valence-electron chi connectivity index (χ4n) is 9.14. The molecule has 0 saturated heterocycles. The quantitative estimate of drug-likeness (QED) is 0.0530. The van der Waals surface area contributed by atoms with Gasteiger partial charge >= 0.3 is 0 Å². The molecule has 0 aliphatic heterocycles. The molecular formula is C54H46I8O8. The summed E-state index contributed by atoms with van der Waals surface area (Å²) in [4.78, 5) is 0. The minimum absolute atomic E-state index is 0.0661. The van der Waals surface area contributed by atoms with Crippen LogP contribution in [0, 0.1) is 49.3 Å². The summed E-state index contributed by atoms with van der Waals surface area (Å²) >= 11 is 17.0. The van der Waals surface area contributed by atoms with Gasteiger partial charge in [0.2, 0.25) is 0 Å². The molecule has 0 aromatic heterocycles. The van der Waals surface area contributed by atoms with E-state index in [1.165, 1.54) is 6.07 Å². The van der Waals surface area contributed by atoms with E-state index in [2.05, 4.69) is 187 Å². The summed E-state index contributed by atoms with van der Waals surface area (Å²) in [6, 6.07) is 22.8. The summed E-state index contributed by atoms with van der Waals surface area (Å²) < 4.78 is 5.54. The third-order valence-electron chi connectivity index (χ3n) is 13.4. The van der Waals surface area contributed by atoms with E-state index in [1.54, 1.807) is 0 Å². The van der Waals surface area contributed by atoms with Crippen molar-refractivity contribution in [3.05, 3.63) is 179 Å². The van der Waals surface area contributed by atoms with Crippen LogP contribution in [0.5, 0.6) is 46.0 Å². The zero-order chi connectivity index (χ0) is 51.4. The Balaban J connectivity index is 1.38. The smallest absolute Gasteiger partial charge is 0.142 e. The lowest BCUT2D eigenvalue weighted by Gasteiger charge is -2.34. The molecule has 0 bridgehead atoms. The van der Waals surface area contributed by atoms with Gasteiger partial charge in [-0.1, -0.05) is 26.0 Å². The van der Waals surface area contributed by atoms with Crippen molar-refractivity contribution in [1.82, 2.24) is 0 Å². The predicted molar refractivity (Wildman–Crippen MR) is 345 cm³/mol. The average Bonchev–Trinajstić information content (AvgIpc) is 3.29. The number of benzene rings is 7. The number of phenols is 8. The maximum absolute atomic E-state index is 12.5. The molecule has 366 valence electrons. The Labute approximate surface area is 517 Å². The second-order valence-corrected chi connectivity index (χ2v) is 27.2. The lowest BCUT2D eigenvalue weighted by Crippen LogP contribution is -2.26. The summed E-state index contributed by atoms with van der Waals surface area (Å²) in [6.45, 7) is 10.0. The molecule has 0 radical (unpaired) electrons. The lowest BCUT2D eigenvalue weighted by molar-refractivity contribution is 0.416. The van der Waals surface area contributed by atoms with Gasteiger partial charge in [0.15, 0.2) is 0 Å². The molecular weight excluding hydrogens is 1790 g/mol. The number of hydrogen-bond donors (Lipinski definition) is 8. The molecule has 2 atom stereocenters. The van der Waals surface area contributed by atoms with Gasteiger partial charge in [-0.3, -0.25) is 0 Å². The summed E-state index contributed by atoms with van der Waals surface area (Å²) in [5, 5.41) is 90.2. The van der Waals surface area contributed by atoms with E-state index < -0.39 is 5.41 Å². The molecule has 1 unspecified atom stereocenters. The number of phenolic OH excluding ortho intramolecular Hbond substituents is 8. The zero-order valence-electron chi connectivity index (χ0n) is 38.1. The van der Waals surface area contributed by atoms with Crippen LogP contribution in [0.3, 0.4) is 0 Å². The first-order valence-electron chi connectivity index (χ1n) is 21.7. The van der Waals surface area contributed by atoms with E-state index in [9.17, 15) is 40.9 Å². The van der Waals surface area contributed by atoms with Crippen molar-refractivity contribution in [2.75, 3.05) is 0 Å². The molecule has 7 aromatic carbocycles. The molecule has 8 nitrogen and oxygen atoms in total. The Morgan fingerprint density at radius 1 is 0.443 bits per heavy atom. The van der Waals surface area contributed by atoms with Crippen molar-refractivity contribution in [1.29, 1.82) is 0 Å². The van der Waals surface area contributed by atoms with Gasteiger partial charge in [0.05, 0.1) is 28.6 Å². The number of halogens is 8. The highest BCUT2D eigenvalue weighted by Gasteiger charge is 2.35. The SMILES string of the molecule is Cc1cc(Cc2cc(CCC(C)(c3cc(I)c(O)c(I)c3)c3cc([C@@H](C)c4cc(I)c(O)c(I)c4)c(O)cc3O)c(O)c(Cc3cc(I)c(O)c(I)c3)c2C)c(C)c(Cc2cc(I)c(O)c(I)c2)c1O. The number of rotatable bonds is 13. The van der Waals surface area contributed by atoms with Gasteiger partial charge in [-0.25, -0.2) is 0 Å². The first-order valence-corrected chi connectivity index (χ1v) is 30.3. The van der Waals surface area contributed by atoms with Crippen LogP contribution in [-0.4, -0.2) is 40.9 Å². The second-order valence-electron chi connectivity index (χ2n) is 17.9. The van der Waals surface area contributed by atoms with Gasteiger partial charge in [-0.15, -0.1) is 0 Å². The molecule has 0 spiro atoms. The Kier molecular flexibility index (Phi) is 18.5. The van der Waals surface area contributed by atoms with Crippen molar-refractivity contribution in [2.24, 2.45) is 0 Å². The van der Waals surface area contributed by atoms with Crippen LogP contribution in [0.2, 0.25) is 0 Å². The Morgan fingerprint density at radius 3 is 1.33 bits per heavy atom. The molecule has 70 heavy (non-hydrogen) atoms. The molecule has 0 saturated carbocycles. The van der Waals surface area contributed by atoms with Gasteiger partial charge in [0.25, 0.3) is 0 Å². The van der Waals surface area contributed by atoms with Crippen LogP contribution in [0.15, 0.2) is 72.8 Å². The Bertz CT molecular complexity index is 3150. The minimum Gasteiger partial charge on any atom is -0.508 e. The fourth-order valence-corrected chi connectivity index (χ4v) is 16.5. The maximum atomic E-state index is 12.5. The van der Waals surface area contributed by atoms with Crippen molar-refractivity contribution in [2.45, 2.75) is 78.1 Å². The molecule has 0 fully saturated rings. The number of aromatic hydroxyl groups is 8. The van der Waals surface area contributed by atoms with Crippen molar-refractivity contribution >= 4 is 181 Å². The van der Waals surface area contributed by atoms with Gasteiger partial charge in [-0.05, 0) is 331 Å². The first kappa shape index (κ1) is 56.5. The predicted octanol–water partition coefficient (Wildman–Crippen LogP) is 16.0. The Hall–Kier alpha value is -1.22. The van der Waals surface area contributed by atoms with Crippen LogP contribution in [0.25, 0.3) is 0 Å². The molecule has 0 aliphatic carbocycles. The van der Waals surface area contributed by atoms with E-state index in [4.69, 9.17) is 0 Å². The monoisotopic (exact) mass is 1840 g/mol. The summed E-state index contributed by atoms with van der Waals surface area (Å²) in [6.07, 6.45) is 2.11. The van der Waals surface area contributed by atoms with Crippen LogP contribution in [-0.2, 0) is 31.1 Å². The second kappa shape index (κ2) is 22.9. The van der Waals surface area contributed by atoms with Crippen molar-refractivity contribution in [3.63, 3.8) is 0 Å². The van der Waals surface area contributed by atoms with Crippen molar-refractivity contribution < 1.29 is 40.9 Å². The maximum Gasteiger partial charge on any atom is 0.142 e. The van der Waals surface area contributed by atoms with Gasteiger partial charge in [-0.2, -0.15) is 0 Å². The lowest BCUT2D eigenvalue weighted by atomic mass is 9.70. The minimum atomic E-state index is -0.943. The normalized spacial score (nSPS) is 12.9. The fraction of sp³-hybridized carbons (Fsp3) is 0.222. The van der Waals surface area contributed by atoms with E-state index in [1.807, 2.05) is 95.3 Å². The van der Waals surface area contributed by atoms with Crippen LogP contribution in [0.4, 0.5) is 0 Å². The van der Waals surface area contributed by atoms with Gasteiger partial charge < -0.3 is 40.9 Å². The molecule has 0 heterocycles. The van der Waals surface area contributed by atoms with Crippen LogP contribution in [0.1, 0.15) is 104 Å². The summed E-state index contributed by atoms with van der Waals surface area (Å²) in [5.74, 6) is 0.717. The highest BCUT2D eigenvalue weighted by atomic mass is 127. The summed E-state index contributed by atoms with van der Waals surface area (Å²) in [7, 11) is 0. The number of hydrogen-bond acceptors (Lipinski definition) is 8. The highest BCUT2D eigenvalue weighted by molar-refractivity contribution is 14.1. The third kappa shape index (κ3) is 11.8. The third-order valence-corrected chi connectivity index (χ3v) is 20.0. The topological polar surface area (TPSA) is 162 Å². The highest BCUT2D eigenvalue weighted by Crippen LogP contribution is 2.48. The average molecular weight is 1840 g/mol. The molecule has 7 aromatic rings. The molecule has 7 rings (SSSR count). The number of aryl methyl sites for hydroxylation is 2. The van der Waals surface area contributed by atoms with E-state index >= 15 is 0 Å². The molecule has 0 aliphatic rings. The Morgan fingerprint density at radius 2 is 0.857 bits per heavy atom. The van der Waals surface area contributed by atoms with Gasteiger partial charge in [0.1, 0.15) is 46.0 Å². The van der Waals surface area contributed by atoms with Crippen LogP contribution < -0.4 is 0 Å². The van der Waals surface area contributed by atoms with E-state index in [-0.39, 0.29) is 51.9 Å². The van der Waals surface area contributed by atoms with E-state index in [0.717, 1.165) is 68.3 Å². The molecule has 16 heteroatoms. The van der Waals surface area contributed by atoms with Crippen molar-refractivity contribution in [3.8, 4) is 46.0 Å².